The minimum Gasteiger partial charge on any atom is -0.481 e. The number of thiophene rings is 1. The van der Waals surface area contributed by atoms with Crippen LogP contribution in [0.4, 0.5) is 5.00 Å². The van der Waals surface area contributed by atoms with E-state index in [1.165, 1.54) is 0 Å². The molecule has 0 spiro atoms. The average molecular weight is 227 g/mol. The first-order chi connectivity index (χ1) is 7.02. The van der Waals surface area contributed by atoms with Gasteiger partial charge in [-0.15, -0.1) is 11.3 Å². The van der Waals surface area contributed by atoms with E-state index >= 15 is 0 Å². The topological polar surface area (TPSA) is 40.5 Å². The van der Waals surface area contributed by atoms with Crippen molar-refractivity contribution in [3.05, 3.63) is 17.5 Å². The summed E-state index contributed by atoms with van der Waals surface area (Å²) in [5.74, 6) is -0.865. The van der Waals surface area contributed by atoms with Gasteiger partial charge < -0.3 is 10.0 Å². The smallest absolute Gasteiger partial charge is 0.308 e. The van der Waals surface area contributed by atoms with Gasteiger partial charge in [0.25, 0.3) is 0 Å². The zero-order valence-electron chi connectivity index (χ0n) is 9.30. The Morgan fingerprint density at radius 1 is 1.60 bits per heavy atom. The van der Waals surface area contributed by atoms with Crippen LogP contribution in [-0.2, 0) is 4.79 Å². The summed E-state index contributed by atoms with van der Waals surface area (Å²) in [6, 6.07) is 3.98. The molecule has 0 aromatic carbocycles. The van der Waals surface area contributed by atoms with Crippen LogP contribution in [0, 0.1) is 11.8 Å². The number of carboxylic acids is 1. The Morgan fingerprint density at radius 2 is 2.27 bits per heavy atom. The van der Waals surface area contributed by atoms with Crippen molar-refractivity contribution >= 4 is 22.3 Å². The molecular weight excluding hydrogens is 210 g/mol. The molecule has 1 unspecified atom stereocenters. The Kier molecular flexibility index (Phi) is 4.15. The molecule has 1 aromatic rings. The highest BCUT2D eigenvalue weighted by molar-refractivity contribution is 7.14. The van der Waals surface area contributed by atoms with E-state index in [9.17, 15) is 4.79 Å². The zero-order valence-corrected chi connectivity index (χ0v) is 10.1. The van der Waals surface area contributed by atoms with Crippen molar-refractivity contribution in [3.8, 4) is 0 Å². The van der Waals surface area contributed by atoms with Crippen molar-refractivity contribution in [2.45, 2.75) is 13.8 Å². The first kappa shape index (κ1) is 12.0. The Balaban J connectivity index is 2.63. The van der Waals surface area contributed by atoms with Crippen LogP contribution in [0.3, 0.4) is 0 Å². The van der Waals surface area contributed by atoms with Crippen LogP contribution in [-0.4, -0.2) is 24.7 Å². The molecule has 0 bridgehead atoms. The molecule has 0 amide bonds. The largest absolute Gasteiger partial charge is 0.481 e. The van der Waals surface area contributed by atoms with Crippen molar-refractivity contribution in [3.63, 3.8) is 0 Å². The summed E-state index contributed by atoms with van der Waals surface area (Å²) in [6.07, 6.45) is 0. The Hall–Kier alpha value is -1.03. The van der Waals surface area contributed by atoms with Crippen LogP contribution >= 0.6 is 11.3 Å². The minimum atomic E-state index is -0.714. The van der Waals surface area contributed by atoms with Gasteiger partial charge in [-0.25, -0.2) is 0 Å². The predicted octanol–water partition coefficient (Wildman–Crippen LogP) is 2.54. The fourth-order valence-electron chi connectivity index (χ4n) is 1.45. The quantitative estimate of drug-likeness (QED) is 0.840. The number of hydrogen-bond donors (Lipinski definition) is 1. The van der Waals surface area contributed by atoms with E-state index in [-0.39, 0.29) is 11.8 Å². The molecule has 1 rings (SSSR count). The molecule has 0 radical (unpaired) electrons. The average Bonchev–Trinajstić information content (AvgIpc) is 2.65. The Labute approximate surface area is 94.3 Å². The van der Waals surface area contributed by atoms with Gasteiger partial charge in [0.15, 0.2) is 0 Å². The molecule has 1 N–H and O–H groups in total. The van der Waals surface area contributed by atoms with Crippen molar-refractivity contribution in [1.82, 2.24) is 0 Å². The van der Waals surface area contributed by atoms with E-state index in [4.69, 9.17) is 5.11 Å². The van der Waals surface area contributed by atoms with Gasteiger partial charge in [0, 0.05) is 13.6 Å². The van der Waals surface area contributed by atoms with Gasteiger partial charge >= 0.3 is 5.97 Å². The number of aliphatic carboxylic acids is 1. The fourth-order valence-corrected chi connectivity index (χ4v) is 2.15. The zero-order chi connectivity index (χ0) is 11.4. The van der Waals surface area contributed by atoms with E-state index < -0.39 is 5.97 Å². The minimum absolute atomic E-state index is 0.157. The summed E-state index contributed by atoms with van der Waals surface area (Å²) < 4.78 is 0. The molecule has 15 heavy (non-hydrogen) atoms. The molecule has 1 atom stereocenters. The number of carboxylic acid groups (broad SMARTS) is 1. The van der Waals surface area contributed by atoms with Crippen LogP contribution in [0.15, 0.2) is 17.5 Å². The van der Waals surface area contributed by atoms with E-state index in [2.05, 4.69) is 0 Å². The molecule has 0 aliphatic heterocycles. The third-order valence-electron chi connectivity index (χ3n) is 2.47. The van der Waals surface area contributed by atoms with Gasteiger partial charge in [0.05, 0.1) is 10.9 Å². The lowest BCUT2D eigenvalue weighted by Gasteiger charge is -2.24. The monoisotopic (exact) mass is 227 g/mol. The lowest BCUT2D eigenvalue weighted by Crippen LogP contribution is -2.33. The van der Waals surface area contributed by atoms with Crippen LogP contribution in [0.2, 0.25) is 0 Å². The molecule has 3 nitrogen and oxygen atoms in total. The highest BCUT2D eigenvalue weighted by Crippen LogP contribution is 2.22. The summed E-state index contributed by atoms with van der Waals surface area (Å²) in [5.41, 5.74) is 0. The van der Waals surface area contributed by atoms with Crippen molar-refractivity contribution < 1.29 is 9.90 Å². The Bertz CT molecular complexity index is 308. The van der Waals surface area contributed by atoms with Crippen molar-refractivity contribution in [2.24, 2.45) is 11.8 Å². The summed E-state index contributed by atoms with van der Waals surface area (Å²) >= 11 is 1.63. The third kappa shape index (κ3) is 3.23. The fraction of sp³-hybridized carbons (Fsp3) is 0.545. The molecule has 1 aromatic heterocycles. The van der Waals surface area contributed by atoms with Gasteiger partial charge in [-0.3, -0.25) is 4.79 Å². The molecule has 0 saturated heterocycles. The maximum absolute atomic E-state index is 11.0. The SMILES string of the molecule is CC(C)C(CN(C)c1cccs1)C(=O)O. The van der Waals surface area contributed by atoms with E-state index in [0.717, 1.165) is 5.00 Å². The predicted molar refractivity (Wildman–Crippen MR) is 63.6 cm³/mol. The van der Waals surface area contributed by atoms with Crippen molar-refractivity contribution in [1.29, 1.82) is 0 Å². The maximum atomic E-state index is 11.0. The van der Waals surface area contributed by atoms with Crippen LogP contribution in [0.25, 0.3) is 0 Å². The molecular formula is C11H17NO2S. The summed E-state index contributed by atoms with van der Waals surface area (Å²) in [7, 11) is 1.93. The summed E-state index contributed by atoms with van der Waals surface area (Å²) in [4.78, 5) is 13.0. The molecule has 4 heteroatoms. The van der Waals surface area contributed by atoms with Gasteiger partial charge in [-0.2, -0.15) is 0 Å². The van der Waals surface area contributed by atoms with Crippen LogP contribution in [0.5, 0.6) is 0 Å². The lowest BCUT2D eigenvalue weighted by atomic mass is 9.96. The van der Waals surface area contributed by atoms with E-state index in [1.54, 1.807) is 11.3 Å². The standard InChI is InChI=1S/C11H17NO2S/c1-8(2)9(11(13)14)7-12(3)10-5-4-6-15-10/h4-6,8-9H,7H2,1-3H3,(H,13,14). The number of rotatable bonds is 5. The maximum Gasteiger partial charge on any atom is 0.308 e. The molecule has 0 aliphatic rings. The van der Waals surface area contributed by atoms with E-state index in [0.29, 0.717) is 6.54 Å². The first-order valence-electron chi connectivity index (χ1n) is 4.99. The van der Waals surface area contributed by atoms with Gasteiger partial charge in [-0.1, -0.05) is 13.8 Å². The lowest BCUT2D eigenvalue weighted by molar-refractivity contribution is -0.142. The summed E-state index contributed by atoms with van der Waals surface area (Å²) in [5, 5.41) is 12.2. The van der Waals surface area contributed by atoms with Gasteiger partial charge in [-0.05, 0) is 23.4 Å². The van der Waals surface area contributed by atoms with Crippen LogP contribution in [0.1, 0.15) is 13.8 Å². The number of hydrogen-bond acceptors (Lipinski definition) is 3. The van der Waals surface area contributed by atoms with Gasteiger partial charge in [0.2, 0.25) is 0 Å². The summed E-state index contributed by atoms with van der Waals surface area (Å²) in [6.45, 7) is 4.45. The normalized spacial score (nSPS) is 12.8. The first-order valence-corrected chi connectivity index (χ1v) is 5.87. The molecule has 0 fully saturated rings. The van der Waals surface area contributed by atoms with Crippen LogP contribution < -0.4 is 4.90 Å². The van der Waals surface area contributed by atoms with Crippen molar-refractivity contribution in [2.75, 3.05) is 18.5 Å². The molecule has 1 heterocycles. The number of anilines is 1. The number of carbonyl (C=O) groups is 1. The highest BCUT2D eigenvalue weighted by atomic mass is 32.1. The van der Waals surface area contributed by atoms with Gasteiger partial charge in [0.1, 0.15) is 0 Å². The second-order valence-electron chi connectivity index (χ2n) is 4.02. The third-order valence-corrected chi connectivity index (χ3v) is 3.46. The highest BCUT2D eigenvalue weighted by Gasteiger charge is 2.23. The second kappa shape index (κ2) is 5.16. The Morgan fingerprint density at radius 3 is 2.67 bits per heavy atom. The molecule has 84 valence electrons. The van der Waals surface area contributed by atoms with E-state index in [1.807, 2.05) is 43.3 Å². The molecule has 0 saturated carbocycles. The molecule has 0 aliphatic carbocycles. The number of nitrogens with zero attached hydrogens (tertiary/aromatic N) is 1. The second-order valence-corrected chi connectivity index (χ2v) is 4.95.